The number of aromatic nitrogens is 1. The van der Waals surface area contributed by atoms with E-state index in [9.17, 15) is 9.59 Å². The molecule has 2 aromatic carbocycles. The molecule has 0 saturated heterocycles. The maximum absolute atomic E-state index is 11.9. The van der Waals surface area contributed by atoms with Crippen LogP contribution in [0.3, 0.4) is 0 Å². The number of nitrogens with one attached hydrogen (secondary N) is 2. The predicted molar refractivity (Wildman–Crippen MR) is 111 cm³/mol. The minimum absolute atomic E-state index is 0.549. The summed E-state index contributed by atoms with van der Waals surface area (Å²) in [7, 11) is 0. The van der Waals surface area contributed by atoms with Gasteiger partial charge in [-0.3, -0.25) is 9.59 Å². The maximum atomic E-state index is 11.9. The van der Waals surface area contributed by atoms with E-state index < -0.39 is 11.8 Å². The van der Waals surface area contributed by atoms with E-state index in [1.807, 2.05) is 32.9 Å². The van der Waals surface area contributed by atoms with Crippen LogP contribution >= 0.6 is 0 Å². The molecule has 0 atom stereocenters. The lowest BCUT2D eigenvalue weighted by Crippen LogP contribution is -2.32. The molecule has 3 rings (SSSR count). The van der Waals surface area contributed by atoms with Gasteiger partial charge < -0.3 is 9.88 Å². The van der Waals surface area contributed by atoms with Crippen LogP contribution in [0.25, 0.3) is 5.69 Å². The minimum atomic E-state index is -0.826. The van der Waals surface area contributed by atoms with Gasteiger partial charge in [0.2, 0.25) is 0 Å². The number of rotatable bonds is 4. The van der Waals surface area contributed by atoms with E-state index in [1.54, 1.807) is 30.5 Å². The van der Waals surface area contributed by atoms with Crippen molar-refractivity contribution in [1.29, 1.82) is 0 Å². The lowest BCUT2D eigenvalue weighted by molar-refractivity contribution is -0.136. The molecule has 0 aliphatic rings. The summed E-state index contributed by atoms with van der Waals surface area (Å²) in [6.07, 6.45) is 1.54. The fourth-order valence-corrected chi connectivity index (χ4v) is 2.93. The summed E-state index contributed by atoms with van der Waals surface area (Å²) in [5.41, 5.74) is 7.98. The zero-order valence-electron chi connectivity index (χ0n) is 16.1. The third kappa shape index (κ3) is 4.35. The van der Waals surface area contributed by atoms with Crippen LogP contribution in [0.15, 0.2) is 65.8 Å². The molecule has 2 amide bonds. The summed E-state index contributed by atoms with van der Waals surface area (Å²) in [6, 6.07) is 19.0. The first-order valence-corrected chi connectivity index (χ1v) is 8.91. The number of hydrogen-bond donors (Lipinski definition) is 2. The molecule has 0 aliphatic carbocycles. The highest BCUT2D eigenvalue weighted by Crippen LogP contribution is 2.20. The average molecular weight is 374 g/mol. The summed E-state index contributed by atoms with van der Waals surface area (Å²) in [4.78, 5) is 23.8. The monoisotopic (exact) mass is 374 g/mol. The Balaban J connectivity index is 1.67. The molecule has 6 heteroatoms. The van der Waals surface area contributed by atoms with Crippen LogP contribution in [0.5, 0.6) is 0 Å². The number of anilines is 1. The Morgan fingerprint density at radius 3 is 2.29 bits per heavy atom. The normalized spacial score (nSPS) is 10.8. The van der Waals surface area contributed by atoms with Gasteiger partial charge >= 0.3 is 11.8 Å². The van der Waals surface area contributed by atoms with E-state index in [-0.39, 0.29) is 0 Å². The molecule has 3 aromatic rings. The SMILES string of the molecule is Cc1ccc(-n2c(C)cc(/C=N\NC(=O)C(=O)Nc3ccccc3)c2C)cc1. The van der Waals surface area contributed by atoms with Gasteiger partial charge in [0.25, 0.3) is 0 Å². The number of carbonyl (C=O) groups is 2. The zero-order valence-corrected chi connectivity index (χ0v) is 16.1. The van der Waals surface area contributed by atoms with Crippen LogP contribution in [0.2, 0.25) is 0 Å². The Kier molecular flexibility index (Phi) is 5.69. The van der Waals surface area contributed by atoms with Gasteiger partial charge in [0.15, 0.2) is 0 Å². The van der Waals surface area contributed by atoms with Crippen LogP contribution in [-0.2, 0) is 9.59 Å². The molecule has 0 spiro atoms. The molecule has 2 N–H and O–H groups in total. The quantitative estimate of drug-likeness (QED) is 0.417. The number of benzene rings is 2. The Hall–Kier alpha value is -3.67. The predicted octanol–water partition coefficient (Wildman–Crippen LogP) is 3.49. The van der Waals surface area contributed by atoms with Crippen molar-refractivity contribution in [2.24, 2.45) is 5.10 Å². The fraction of sp³-hybridized carbons (Fsp3) is 0.136. The van der Waals surface area contributed by atoms with Crippen molar-refractivity contribution in [3.63, 3.8) is 0 Å². The van der Waals surface area contributed by atoms with Gasteiger partial charge in [-0.25, -0.2) is 5.43 Å². The van der Waals surface area contributed by atoms with Gasteiger partial charge in [0.1, 0.15) is 0 Å². The first-order valence-electron chi connectivity index (χ1n) is 8.91. The van der Waals surface area contributed by atoms with E-state index >= 15 is 0 Å². The largest absolute Gasteiger partial charge is 0.329 e. The van der Waals surface area contributed by atoms with E-state index in [0.29, 0.717) is 5.69 Å². The van der Waals surface area contributed by atoms with Crippen molar-refractivity contribution < 1.29 is 9.59 Å². The van der Waals surface area contributed by atoms with Crippen molar-refractivity contribution in [3.05, 3.63) is 83.2 Å². The molecule has 1 heterocycles. The van der Waals surface area contributed by atoms with Crippen molar-refractivity contribution in [1.82, 2.24) is 9.99 Å². The number of aryl methyl sites for hydroxylation is 2. The first-order chi connectivity index (χ1) is 13.5. The highest BCUT2D eigenvalue weighted by atomic mass is 16.2. The van der Waals surface area contributed by atoms with Crippen molar-refractivity contribution in [3.8, 4) is 5.69 Å². The van der Waals surface area contributed by atoms with Gasteiger partial charge in [-0.15, -0.1) is 0 Å². The van der Waals surface area contributed by atoms with Crippen molar-refractivity contribution in [2.75, 3.05) is 5.32 Å². The van der Waals surface area contributed by atoms with E-state index in [1.165, 1.54) is 5.56 Å². The third-order valence-corrected chi connectivity index (χ3v) is 4.37. The number of para-hydroxylation sites is 1. The van der Waals surface area contributed by atoms with Crippen LogP contribution in [-0.4, -0.2) is 22.6 Å². The molecule has 142 valence electrons. The third-order valence-electron chi connectivity index (χ3n) is 4.37. The molecule has 1 aromatic heterocycles. The maximum Gasteiger partial charge on any atom is 0.329 e. The summed E-state index contributed by atoms with van der Waals surface area (Å²) in [5, 5.41) is 6.44. The second-order valence-corrected chi connectivity index (χ2v) is 6.52. The lowest BCUT2D eigenvalue weighted by atomic mass is 10.2. The van der Waals surface area contributed by atoms with Gasteiger partial charge in [0, 0.05) is 28.3 Å². The molecular formula is C22H22N4O2. The second kappa shape index (κ2) is 8.35. The fourth-order valence-electron chi connectivity index (χ4n) is 2.93. The van der Waals surface area contributed by atoms with E-state index in [2.05, 4.69) is 44.7 Å². The number of carbonyl (C=O) groups excluding carboxylic acids is 2. The summed E-state index contributed by atoms with van der Waals surface area (Å²) < 4.78 is 2.12. The standard InChI is InChI=1S/C22H22N4O2/c1-15-9-11-20(12-10-15)26-16(2)13-18(17(26)3)14-23-25-22(28)21(27)24-19-7-5-4-6-8-19/h4-14H,1-3H3,(H,24,27)(H,25,28)/b23-14-. The van der Waals surface area contributed by atoms with Gasteiger partial charge in [0.05, 0.1) is 6.21 Å². The highest BCUT2D eigenvalue weighted by Gasteiger charge is 2.13. The van der Waals surface area contributed by atoms with Gasteiger partial charge in [-0.1, -0.05) is 35.9 Å². The minimum Gasteiger partial charge on any atom is -0.318 e. The molecule has 28 heavy (non-hydrogen) atoms. The molecule has 0 bridgehead atoms. The lowest BCUT2D eigenvalue weighted by Gasteiger charge is -2.09. The van der Waals surface area contributed by atoms with Crippen LogP contribution in [0.4, 0.5) is 5.69 Å². The molecule has 0 saturated carbocycles. The molecule has 0 unspecified atom stereocenters. The van der Waals surface area contributed by atoms with Crippen molar-refractivity contribution in [2.45, 2.75) is 20.8 Å². The van der Waals surface area contributed by atoms with E-state index in [4.69, 9.17) is 0 Å². The van der Waals surface area contributed by atoms with Gasteiger partial charge in [-0.2, -0.15) is 5.10 Å². The number of amides is 2. The topological polar surface area (TPSA) is 75.5 Å². The zero-order chi connectivity index (χ0) is 20.1. The first kappa shape index (κ1) is 19.1. The highest BCUT2D eigenvalue weighted by molar-refractivity contribution is 6.39. The molecule has 0 aliphatic heterocycles. The smallest absolute Gasteiger partial charge is 0.318 e. The second-order valence-electron chi connectivity index (χ2n) is 6.52. The summed E-state index contributed by atoms with van der Waals surface area (Å²) in [6.45, 7) is 6.04. The summed E-state index contributed by atoms with van der Waals surface area (Å²) >= 11 is 0. The average Bonchev–Trinajstić information content (AvgIpc) is 2.97. The summed E-state index contributed by atoms with van der Waals surface area (Å²) in [5.74, 6) is -1.60. The van der Waals surface area contributed by atoms with Crippen LogP contribution < -0.4 is 10.7 Å². The van der Waals surface area contributed by atoms with Crippen LogP contribution in [0, 0.1) is 20.8 Å². The molecule has 0 radical (unpaired) electrons. The Bertz CT molecular complexity index is 1020. The Labute approximate surface area is 163 Å². The number of hydrazone groups is 1. The molecular weight excluding hydrogens is 352 g/mol. The number of nitrogens with zero attached hydrogens (tertiary/aromatic N) is 2. The number of hydrogen-bond acceptors (Lipinski definition) is 3. The Morgan fingerprint density at radius 1 is 0.929 bits per heavy atom. The Morgan fingerprint density at radius 2 is 1.61 bits per heavy atom. The molecule has 0 fully saturated rings. The molecule has 6 nitrogen and oxygen atoms in total. The van der Waals surface area contributed by atoms with Crippen LogP contribution in [0.1, 0.15) is 22.5 Å². The van der Waals surface area contributed by atoms with Crippen molar-refractivity contribution >= 4 is 23.7 Å². The van der Waals surface area contributed by atoms with Gasteiger partial charge in [-0.05, 0) is 51.1 Å². The van der Waals surface area contributed by atoms with E-state index in [0.717, 1.165) is 22.6 Å².